The Morgan fingerprint density at radius 2 is 2.00 bits per heavy atom. The number of aromatic nitrogens is 1. The third-order valence-electron chi connectivity index (χ3n) is 1.91. The highest BCUT2D eigenvalue weighted by Gasteiger charge is 1.98. The minimum Gasteiger partial charge on any atom is -0.264 e. The van der Waals surface area contributed by atoms with E-state index in [1.54, 1.807) is 12.3 Å². The Labute approximate surface area is 82.3 Å². The molecule has 0 fully saturated rings. The van der Waals surface area contributed by atoms with Crippen LogP contribution in [-0.2, 0) is 0 Å². The van der Waals surface area contributed by atoms with Gasteiger partial charge in [0.05, 0.1) is 0 Å². The van der Waals surface area contributed by atoms with Crippen LogP contribution in [0.3, 0.4) is 0 Å². The molecular formula is C12H11N. The molecule has 0 saturated carbocycles. The molecule has 2 aromatic rings. The normalized spacial score (nSPS) is 14.3. The second kappa shape index (κ2) is 3.40. The van der Waals surface area contributed by atoms with E-state index in [4.69, 9.17) is 4.11 Å². The molecule has 0 atom stereocenters. The molecule has 0 aliphatic rings. The minimum atomic E-state index is -2.10. The lowest BCUT2D eigenvalue weighted by Gasteiger charge is -2.03. The zero-order valence-electron chi connectivity index (χ0n) is 10.1. The van der Waals surface area contributed by atoms with Crippen molar-refractivity contribution in [1.82, 2.24) is 4.98 Å². The van der Waals surface area contributed by atoms with Crippen LogP contribution in [0, 0.1) is 6.85 Å². The number of rotatable bonds is 1. The average molecular weight is 172 g/mol. The molecule has 0 spiro atoms. The molecular weight excluding hydrogens is 158 g/mol. The van der Waals surface area contributed by atoms with Gasteiger partial charge in [-0.15, -0.1) is 0 Å². The summed E-state index contributed by atoms with van der Waals surface area (Å²) in [5, 5.41) is 0. The van der Waals surface area contributed by atoms with E-state index in [2.05, 4.69) is 4.98 Å². The molecule has 0 amide bonds. The first-order valence-corrected chi connectivity index (χ1v) is 4.09. The monoisotopic (exact) mass is 172 g/mol. The van der Waals surface area contributed by atoms with Crippen molar-refractivity contribution in [2.45, 2.75) is 6.85 Å². The van der Waals surface area contributed by atoms with E-state index >= 15 is 0 Å². The Balaban J connectivity index is 2.58. The Hall–Kier alpha value is -1.63. The highest BCUT2D eigenvalue weighted by atomic mass is 14.6. The van der Waals surface area contributed by atoms with Gasteiger partial charge in [0.25, 0.3) is 0 Å². The van der Waals surface area contributed by atoms with Gasteiger partial charge in [0.15, 0.2) is 0 Å². The molecule has 0 aliphatic carbocycles. The number of hydrogen-bond donors (Lipinski definition) is 0. The van der Waals surface area contributed by atoms with Crippen molar-refractivity contribution in [1.29, 1.82) is 0 Å². The fourth-order valence-electron chi connectivity index (χ4n) is 1.24. The van der Waals surface area contributed by atoms with Crippen molar-refractivity contribution in [3.8, 4) is 11.1 Å². The molecule has 0 N–H and O–H groups in total. The first-order valence-electron chi connectivity index (χ1n) is 5.59. The van der Waals surface area contributed by atoms with Crippen molar-refractivity contribution in [2.75, 3.05) is 0 Å². The Kier molecular flexibility index (Phi) is 1.35. The van der Waals surface area contributed by atoms with Crippen LogP contribution in [0.1, 0.15) is 9.68 Å². The Morgan fingerprint density at radius 3 is 2.77 bits per heavy atom. The summed E-state index contributed by atoms with van der Waals surface area (Å²) in [6.45, 7) is -2.10. The smallest absolute Gasteiger partial charge is 0.0349 e. The lowest BCUT2D eigenvalue weighted by atomic mass is 10.0. The topological polar surface area (TPSA) is 12.9 Å². The van der Waals surface area contributed by atoms with Crippen molar-refractivity contribution in [2.24, 2.45) is 0 Å². The largest absolute Gasteiger partial charge is 0.264 e. The van der Waals surface area contributed by atoms with Crippen LogP contribution in [0.2, 0.25) is 0 Å². The van der Waals surface area contributed by atoms with Gasteiger partial charge in [-0.2, -0.15) is 0 Å². The van der Waals surface area contributed by atoms with Gasteiger partial charge in [0, 0.05) is 22.1 Å². The molecule has 1 heterocycles. The van der Waals surface area contributed by atoms with Crippen LogP contribution in [-0.4, -0.2) is 4.98 Å². The van der Waals surface area contributed by atoms with Crippen LogP contribution >= 0.6 is 0 Å². The highest BCUT2D eigenvalue weighted by molar-refractivity contribution is 5.65. The maximum atomic E-state index is 7.47. The van der Waals surface area contributed by atoms with Gasteiger partial charge < -0.3 is 0 Å². The van der Waals surface area contributed by atoms with Gasteiger partial charge in [0.1, 0.15) is 0 Å². The number of benzene rings is 1. The van der Waals surface area contributed by atoms with Gasteiger partial charge in [0.2, 0.25) is 0 Å². The first-order chi connectivity index (χ1) is 7.59. The maximum absolute atomic E-state index is 7.47. The van der Waals surface area contributed by atoms with Gasteiger partial charge in [-0.05, 0) is 24.0 Å². The van der Waals surface area contributed by atoms with E-state index in [-0.39, 0.29) is 0 Å². The van der Waals surface area contributed by atoms with Crippen molar-refractivity contribution in [3.63, 3.8) is 0 Å². The van der Waals surface area contributed by atoms with E-state index in [1.165, 1.54) is 6.20 Å². The first kappa shape index (κ1) is 5.18. The number of hydrogen-bond acceptors (Lipinski definition) is 1. The summed E-state index contributed by atoms with van der Waals surface area (Å²) in [6.07, 6.45) is 3.10. The molecule has 0 aliphatic heterocycles. The molecule has 0 bridgehead atoms. The molecule has 0 unspecified atom stereocenters. The van der Waals surface area contributed by atoms with E-state index < -0.39 is 6.85 Å². The summed E-state index contributed by atoms with van der Waals surface area (Å²) < 4.78 is 22.4. The molecule has 1 aromatic carbocycles. The van der Waals surface area contributed by atoms with E-state index in [9.17, 15) is 0 Å². The van der Waals surface area contributed by atoms with Crippen LogP contribution < -0.4 is 0 Å². The Bertz CT molecular complexity index is 477. The zero-order valence-corrected chi connectivity index (χ0v) is 7.07. The SMILES string of the molecule is [2H]C([2H])([2H])c1ccncc1-c1ccccc1. The molecule has 0 radical (unpaired) electrons. The van der Waals surface area contributed by atoms with Crippen molar-refractivity contribution in [3.05, 3.63) is 54.4 Å². The number of pyridine rings is 1. The molecule has 1 nitrogen and oxygen atoms in total. The predicted octanol–water partition coefficient (Wildman–Crippen LogP) is 3.06. The third-order valence-corrected chi connectivity index (χ3v) is 1.91. The van der Waals surface area contributed by atoms with Gasteiger partial charge in [-0.25, -0.2) is 0 Å². The zero-order chi connectivity index (χ0) is 11.6. The molecule has 13 heavy (non-hydrogen) atoms. The molecule has 64 valence electrons. The molecule has 2 rings (SSSR count). The van der Waals surface area contributed by atoms with Gasteiger partial charge in [-0.1, -0.05) is 30.3 Å². The molecule has 1 heteroatoms. The number of nitrogens with zero attached hydrogens (tertiary/aromatic N) is 1. The average Bonchev–Trinajstić information content (AvgIpc) is 2.29. The van der Waals surface area contributed by atoms with Crippen molar-refractivity contribution < 1.29 is 4.11 Å². The van der Waals surface area contributed by atoms with Gasteiger partial charge in [-0.3, -0.25) is 4.98 Å². The van der Waals surface area contributed by atoms with Crippen LogP contribution in [0.4, 0.5) is 0 Å². The standard InChI is InChI=1S/C12H11N/c1-10-7-8-13-9-12(10)11-5-3-2-4-6-11/h2-9H,1H3/i1D3. The lowest BCUT2D eigenvalue weighted by molar-refractivity contribution is 1.29. The quantitative estimate of drug-likeness (QED) is 0.644. The number of aryl methyl sites for hydroxylation is 1. The van der Waals surface area contributed by atoms with E-state index in [1.807, 2.05) is 30.3 Å². The predicted molar refractivity (Wildman–Crippen MR) is 54.4 cm³/mol. The van der Waals surface area contributed by atoms with Crippen LogP contribution in [0.25, 0.3) is 11.1 Å². The summed E-state index contributed by atoms with van der Waals surface area (Å²) in [5.41, 5.74) is 1.89. The van der Waals surface area contributed by atoms with Gasteiger partial charge >= 0.3 is 0 Å². The molecule has 1 aromatic heterocycles. The summed E-state index contributed by atoms with van der Waals surface area (Å²) in [7, 11) is 0. The summed E-state index contributed by atoms with van der Waals surface area (Å²) >= 11 is 0. The van der Waals surface area contributed by atoms with Crippen LogP contribution in [0.15, 0.2) is 48.8 Å². The van der Waals surface area contributed by atoms with Crippen LogP contribution in [0.5, 0.6) is 0 Å². The summed E-state index contributed by atoms with van der Waals surface area (Å²) in [4.78, 5) is 3.99. The fraction of sp³-hybridized carbons (Fsp3) is 0.0833. The summed E-state index contributed by atoms with van der Waals surface area (Å²) in [5.74, 6) is 0. The van der Waals surface area contributed by atoms with E-state index in [0.717, 1.165) is 5.56 Å². The lowest BCUT2D eigenvalue weighted by Crippen LogP contribution is -1.83. The maximum Gasteiger partial charge on any atom is 0.0349 e. The Morgan fingerprint density at radius 1 is 1.15 bits per heavy atom. The minimum absolute atomic E-state index is 0.341. The highest BCUT2D eigenvalue weighted by Crippen LogP contribution is 2.20. The summed E-state index contributed by atoms with van der Waals surface area (Å²) in [6, 6.07) is 11.0. The fourth-order valence-corrected chi connectivity index (χ4v) is 1.24. The van der Waals surface area contributed by atoms with E-state index in [0.29, 0.717) is 11.1 Å². The molecule has 0 saturated heterocycles. The van der Waals surface area contributed by atoms with Crippen molar-refractivity contribution >= 4 is 0 Å². The third kappa shape index (κ3) is 1.59. The second-order valence-electron chi connectivity index (χ2n) is 2.79. The second-order valence-corrected chi connectivity index (χ2v) is 2.79.